The van der Waals surface area contributed by atoms with Crippen LogP contribution in [-0.2, 0) is 0 Å². The van der Waals surface area contributed by atoms with Gasteiger partial charge in [-0.25, -0.2) is 0 Å². The van der Waals surface area contributed by atoms with Gasteiger partial charge in [-0.3, -0.25) is 4.90 Å². The molecule has 0 amide bonds. The molecule has 1 aliphatic heterocycles. The number of nitrogens with one attached hydrogen (secondary N) is 1. The molecule has 1 unspecified atom stereocenters. The maximum absolute atomic E-state index is 3.45. The summed E-state index contributed by atoms with van der Waals surface area (Å²) in [7, 11) is 2.13. The van der Waals surface area contributed by atoms with Crippen molar-refractivity contribution in [1.29, 1.82) is 0 Å². The van der Waals surface area contributed by atoms with Crippen molar-refractivity contribution in [3.8, 4) is 0 Å². The minimum Gasteiger partial charge on any atom is -0.318 e. The summed E-state index contributed by atoms with van der Waals surface area (Å²) in [5.74, 6) is 4.36. The predicted octanol–water partition coefficient (Wildman–Crippen LogP) is 2.89. The van der Waals surface area contributed by atoms with Crippen molar-refractivity contribution >= 4 is 0 Å². The van der Waals surface area contributed by atoms with E-state index >= 15 is 0 Å². The van der Waals surface area contributed by atoms with Crippen molar-refractivity contribution in [2.24, 2.45) is 23.7 Å². The van der Waals surface area contributed by atoms with E-state index in [9.17, 15) is 0 Å². The first-order valence-corrected chi connectivity index (χ1v) is 8.75. The highest BCUT2D eigenvalue weighted by atomic mass is 15.2. The zero-order valence-electron chi connectivity index (χ0n) is 12.5. The molecule has 0 aromatic rings. The Labute approximate surface area is 118 Å². The van der Waals surface area contributed by atoms with Crippen molar-refractivity contribution in [3.05, 3.63) is 0 Å². The molecule has 5 rings (SSSR count). The number of likely N-dealkylation sites (N-methyl/N-ethyl adjacent to an activating group) is 1. The molecule has 0 radical (unpaired) electrons. The molecule has 0 aromatic carbocycles. The molecular weight excluding hydrogens is 232 g/mol. The van der Waals surface area contributed by atoms with Crippen LogP contribution in [0.25, 0.3) is 0 Å². The number of hydrogen-bond donors (Lipinski definition) is 1. The molecule has 1 saturated heterocycles. The van der Waals surface area contributed by atoms with Gasteiger partial charge >= 0.3 is 0 Å². The van der Waals surface area contributed by atoms with Gasteiger partial charge in [0.1, 0.15) is 0 Å². The molecule has 0 spiro atoms. The van der Waals surface area contributed by atoms with Crippen LogP contribution in [-0.4, -0.2) is 37.1 Å². The molecule has 2 nitrogen and oxygen atoms in total. The number of piperidine rings is 1. The van der Waals surface area contributed by atoms with E-state index in [1.807, 2.05) is 0 Å². The maximum atomic E-state index is 3.45. The van der Waals surface area contributed by atoms with Crippen LogP contribution in [0.3, 0.4) is 0 Å². The molecule has 5 aliphatic rings. The van der Waals surface area contributed by atoms with E-state index in [1.54, 1.807) is 32.1 Å². The molecule has 1 N–H and O–H groups in total. The maximum Gasteiger partial charge on any atom is 0.0223 e. The van der Waals surface area contributed by atoms with Gasteiger partial charge in [0, 0.05) is 18.6 Å². The van der Waals surface area contributed by atoms with Gasteiger partial charge in [-0.15, -0.1) is 0 Å². The Hall–Kier alpha value is -0.0800. The van der Waals surface area contributed by atoms with E-state index < -0.39 is 0 Å². The SMILES string of the molecule is CNCC1CCCCN1C1C2CC3CC(C2)CC1C3. The molecule has 1 heterocycles. The summed E-state index contributed by atoms with van der Waals surface area (Å²) in [6, 6.07) is 1.80. The van der Waals surface area contributed by atoms with E-state index in [4.69, 9.17) is 0 Å². The monoisotopic (exact) mass is 262 g/mol. The lowest BCUT2D eigenvalue weighted by molar-refractivity contribution is -0.0854. The fraction of sp³-hybridized carbons (Fsp3) is 1.00. The normalized spacial score (nSPS) is 49.7. The molecule has 4 aliphatic carbocycles. The van der Waals surface area contributed by atoms with Crippen LogP contribution < -0.4 is 5.32 Å². The second-order valence-corrected chi connectivity index (χ2v) is 7.87. The second kappa shape index (κ2) is 5.04. The third kappa shape index (κ3) is 2.15. The molecule has 4 saturated carbocycles. The van der Waals surface area contributed by atoms with E-state index in [0.29, 0.717) is 0 Å². The number of hydrogen-bond acceptors (Lipinski definition) is 2. The summed E-state index contributed by atoms with van der Waals surface area (Å²) in [5, 5.41) is 3.45. The third-order valence-corrected chi connectivity index (χ3v) is 6.67. The topological polar surface area (TPSA) is 15.3 Å². The molecule has 4 bridgehead atoms. The smallest absolute Gasteiger partial charge is 0.0223 e. The number of rotatable bonds is 3. The van der Waals surface area contributed by atoms with Gasteiger partial charge in [-0.05, 0) is 82.2 Å². The van der Waals surface area contributed by atoms with E-state index in [0.717, 1.165) is 35.8 Å². The van der Waals surface area contributed by atoms with Crippen LogP contribution in [0.5, 0.6) is 0 Å². The minimum absolute atomic E-state index is 0.835. The Balaban J connectivity index is 1.53. The van der Waals surface area contributed by atoms with E-state index in [2.05, 4.69) is 17.3 Å². The van der Waals surface area contributed by atoms with E-state index in [1.165, 1.54) is 32.4 Å². The summed E-state index contributed by atoms with van der Waals surface area (Å²) >= 11 is 0. The largest absolute Gasteiger partial charge is 0.318 e. The lowest BCUT2D eigenvalue weighted by atomic mass is 9.53. The zero-order valence-corrected chi connectivity index (χ0v) is 12.5. The second-order valence-electron chi connectivity index (χ2n) is 7.87. The number of nitrogens with zero attached hydrogens (tertiary/aromatic N) is 1. The first-order chi connectivity index (χ1) is 9.35. The number of likely N-dealkylation sites (tertiary alicyclic amines) is 1. The average Bonchev–Trinajstić information content (AvgIpc) is 2.39. The van der Waals surface area contributed by atoms with Crippen molar-refractivity contribution in [2.75, 3.05) is 20.1 Å². The van der Waals surface area contributed by atoms with Crippen LogP contribution in [0.4, 0.5) is 0 Å². The van der Waals surface area contributed by atoms with Crippen LogP contribution in [0, 0.1) is 23.7 Å². The quantitative estimate of drug-likeness (QED) is 0.841. The van der Waals surface area contributed by atoms with Gasteiger partial charge in [-0.1, -0.05) is 6.42 Å². The van der Waals surface area contributed by atoms with Crippen LogP contribution in [0.1, 0.15) is 51.4 Å². The third-order valence-electron chi connectivity index (χ3n) is 6.67. The van der Waals surface area contributed by atoms with Crippen LogP contribution >= 0.6 is 0 Å². The Bertz CT molecular complexity index is 297. The summed E-state index contributed by atoms with van der Waals surface area (Å²) in [6.07, 6.45) is 12.2. The fourth-order valence-corrected chi connectivity index (χ4v) is 6.31. The fourth-order valence-electron chi connectivity index (χ4n) is 6.31. The van der Waals surface area contributed by atoms with Crippen LogP contribution in [0.15, 0.2) is 0 Å². The molecule has 5 fully saturated rings. The highest BCUT2D eigenvalue weighted by Crippen LogP contribution is 2.55. The summed E-state index contributed by atoms with van der Waals surface area (Å²) in [4.78, 5) is 2.97. The van der Waals surface area contributed by atoms with Gasteiger partial charge in [0.15, 0.2) is 0 Å². The molecule has 108 valence electrons. The Morgan fingerprint density at radius 2 is 1.63 bits per heavy atom. The van der Waals surface area contributed by atoms with Gasteiger partial charge in [-0.2, -0.15) is 0 Å². The Kier molecular flexibility index (Phi) is 3.35. The zero-order chi connectivity index (χ0) is 12.8. The lowest BCUT2D eigenvalue weighted by Crippen LogP contribution is -2.60. The molecule has 0 aromatic heterocycles. The van der Waals surface area contributed by atoms with Crippen molar-refractivity contribution < 1.29 is 0 Å². The highest BCUT2D eigenvalue weighted by molar-refractivity contribution is 5.03. The molecule has 1 atom stereocenters. The average molecular weight is 262 g/mol. The summed E-state index contributed by atoms with van der Waals surface area (Å²) < 4.78 is 0. The Morgan fingerprint density at radius 3 is 2.26 bits per heavy atom. The van der Waals surface area contributed by atoms with Gasteiger partial charge in [0.2, 0.25) is 0 Å². The van der Waals surface area contributed by atoms with Crippen molar-refractivity contribution in [3.63, 3.8) is 0 Å². The lowest BCUT2D eigenvalue weighted by Gasteiger charge is -2.59. The highest BCUT2D eigenvalue weighted by Gasteiger charge is 2.51. The van der Waals surface area contributed by atoms with Gasteiger partial charge < -0.3 is 5.32 Å². The summed E-state index contributed by atoms with van der Waals surface area (Å²) in [5.41, 5.74) is 0. The van der Waals surface area contributed by atoms with Crippen molar-refractivity contribution in [2.45, 2.75) is 63.5 Å². The first-order valence-electron chi connectivity index (χ1n) is 8.75. The van der Waals surface area contributed by atoms with Gasteiger partial charge in [0.05, 0.1) is 0 Å². The van der Waals surface area contributed by atoms with E-state index in [-0.39, 0.29) is 0 Å². The molecule has 2 heteroatoms. The van der Waals surface area contributed by atoms with Gasteiger partial charge in [0.25, 0.3) is 0 Å². The minimum atomic E-state index is 0.835. The Morgan fingerprint density at radius 1 is 0.947 bits per heavy atom. The van der Waals surface area contributed by atoms with Crippen LogP contribution in [0.2, 0.25) is 0 Å². The standard InChI is InChI=1S/C17H30N2/c1-18-11-16-4-2-3-5-19(16)17-14-7-12-6-13(9-14)10-15(17)8-12/h12-18H,2-11H2,1H3. The molecular formula is C17H30N2. The first kappa shape index (κ1) is 12.6. The predicted molar refractivity (Wildman–Crippen MR) is 79.1 cm³/mol. The van der Waals surface area contributed by atoms with Crippen molar-refractivity contribution in [1.82, 2.24) is 10.2 Å². The molecule has 19 heavy (non-hydrogen) atoms. The summed E-state index contributed by atoms with van der Waals surface area (Å²) in [6.45, 7) is 2.60.